The summed E-state index contributed by atoms with van der Waals surface area (Å²) in [5.41, 5.74) is 7.23. The minimum absolute atomic E-state index is 0.0602. The van der Waals surface area contributed by atoms with Gasteiger partial charge in [-0.2, -0.15) is 0 Å². The van der Waals surface area contributed by atoms with E-state index < -0.39 is 5.91 Å². The molecule has 0 saturated heterocycles. The van der Waals surface area contributed by atoms with Gasteiger partial charge >= 0.3 is 0 Å². The largest absolute Gasteiger partial charge is 0.365 e. The van der Waals surface area contributed by atoms with Crippen molar-refractivity contribution < 1.29 is 9.00 Å². The minimum Gasteiger partial charge on any atom is -0.365 e. The molecule has 0 radical (unpaired) electrons. The zero-order chi connectivity index (χ0) is 13.9. The molecule has 0 aliphatic carbocycles. The van der Waals surface area contributed by atoms with Crippen molar-refractivity contribution >= 4 is 22.5 Å². The van der Waals surface area contributed by atoms with Crippen LogP contribution in [-0.2, 0) is 22.5 Å². The third kappa shape index (κ3) is 6.95. The molecule has 0 heterocycles. The van der Waals surface area contributed by atoms with Crippen molar-refractivity contribution in [2.45, 2.75) is 6.42 Å². The number of amides is 1. The van der Waals surface area contributed by atoms with Gasteiger partial charge in [-0.15, -0.1) is 0 Å². The van der Waals surface area contributed by atoms with Crippen LogP contribution in [0.1, 0.15) is 11.1 Å². The fraction of sp³-hybridized carbons (Fsp3) is 0.0667. The predicted molar refractivity (Wildman–Crippen MR) is 79.1 cm³/mol. The van der Waals surface area contributed by atoms with Crippen LogP contribution >= 0.6 is 0 Å². The first-order valence-electron chi connectivity index (χ1n) is 5.71. The van der Waals surface area contributed by atoms with Crippen LogP contribution in [0.5, 0.6) is 0 Å². The van der Waals surface area contributed by atoms with Crippen molar-refractivity contribution in [2.75, 3.05) is 0 Å². The van der Waals surface area contributed by atoms with Gasteiger partial charge in [0.2, 0.25) is 0 Å². The number of carbonyl (C=O) groups excluding carboxylic acids is 1. The number of hydrogen-bond acceptors (Lipinski definition) is 2. The van der Waals surface area contributed by atoms with Crippen LogP contribution in [0.2, 0.25) is 0 Å². The van der Waals surface area contributed by atoms with E-state index in [9.17, 15) is 9.00 Å². The molecule has 0 fully saturated rings. The van der Waals surface area contributed by atoms with Crippen LogP contribution in [0.4, 0.5) is 0 Å². The van der Waals surface area contributed by atoms with Gasteiger partial charge in [-0.25, -0.2) is 4.21 Å². The van der Waals surface area contributed by atoms with E-state index in [1.165, 1.54) is 11.1 Å². The number of rotatable bonds is 3. The minimum atomic E-state index is -0.685. The molecule has 0 unspecified atom stereocenters. The van der Waals surface area contributed by atoms with Crippen LogP contribution in [0, 0.1) is 0 Å². The highest BCUT2D eigenvalue weighted by molar-refractivity contribution is 7.66. The summed E-state index contributed by atoms with van der Waals surface area (Å²) in [7, 11) is 0. The Morgan fingerprint density at radius 1 is 0.947 bits per heavy atom. The number of benzene rings is 2. The van der Waals surface area contributed by atoms with E-state index in [0.29, 0.717) is 0 Å². The summed E-state index contributed by atoms with van der Waals surface area (Å²) in [5, 5.41) is 0.792. The Hall–Kier alpha value is -2.20. The van der Waals surface area contributed by atoms with Gasteiger partial charge in [-0.05, 0) is 17.5 Å². The highest BCUT2D eigenvalue weighted by Gasteiger charge is 1.92. The van der Waals surface area contributed by atoms with Gasteiger partial charge in [0.05, 0.1) is 16.6 Å². The Bertz CT molecular complexity index is 511. The molecule has 2 N–H and O–H groups in total. The fourth-order valence-electron chi connectivity index (χ4n) is 1.47. The Kier molecular flexibility index (Phi) is 6.90. The molecule has 0 aromatic heterocycles. The van der Waals surface area contributed by atoms with Crippen molar-refractivity contribution in [3.05, 3.63) is 71.8 Å². The van der Waals surface area contributed by atoms with Crippen molar-refractivity contribution in [3.8, 4) is 0 Å². The molecular formula is C15H15NO2S. The molecule has 0 saturated carbocycles. The molecule has 2 aromatic rings. The zero-order valence-electron chi connectivity index (χ0n) is 10.4. The van der Waals surface area contributed by atoms with Gasteiger partial charge in [0, 0.05) is 0 Å². The smallest absolute Gasteiger partial charge is 0.254 e. The Morgan fingerprint density at radius 3 is 1.63 bits per heavy atom. The molecule has 0 bridgehead atoms. The molecule has 98 valence electrons. The second-order valence-corrected chi connectivity index (χ2v) is 4.19. The maximum atomic E-state index is 9.55. The van der Waals surface area contributed by atoms with Gasteiger partial charge in [0.1, 0.15) is 0 Å². The summed E-state index contributed by atoms with van der Waals surface area (Å²) in [6.07, 6.45) is 1.03. The van der Waals surface area contributed by atoms with Crippen molar-refractivity contribution in [1.82, 2.24) is 0 Å². The fourth-order valence-corrected chi connectivity index (χ4v) is 1.57. The summed E-state index contributed by atoms with van der Waals surface area (Å²) < 4.78 is 9.30. The monoisotopic (exact) mass is 273 g/mol. The quantitative estimate of drug-likeness (QED) is 0.866. The summed E-state index contributed by atoms with van der Waals surface area (Å²) in [4.78, 5) is 9.55. The zero-order valence-corrected chi connectivity index (χ0v) is 11.2. The maximum absolute atomic E-state index is 9.55. The van der Waals surface area contributed by atoms with E-state index in [4.69, 9.17) is 0 Å². The van der Waals surface area contributed by atoms with Crippen LogP contribution in [0.25, 0.3) is 0 Å². The molecule has 2 aromatic carbocycles. The van der Waals surface area contributed by atoms with Crippen LogP contribution in [0.3, 0.4) is 0 Å². The average Bonchev–Trinajstić information content (AvgIpc) is 2.41. The molecule has 0 atom stereocenters. The molecule has 4 heteroatoms. The number of hydrogen-bond donors (Lipinski definition) is 1. The third-order valence-corrected chi connectivity index (χ3v) is 2.59. The number of nitrogens with two attached hydrogens (primary N) is 1. The summed E-state index contributed by atoms with van der Waals surface area (Å²) in [5.74, 6) is -0.685. The molecule has 1 amide bonds. The van der Waals surface area contributed by atoms with Crippen molar-refractivity contribution in [3.63, 3.8) is 0 Å². The molecular weight excluding hydrogens is 258 g/mol. The second kappa shape index (κ2) is 8.83. The SMILES string of the molecule is NC(=O)C=S=O.c1ccc(Cc2ccccc2)cc1. The van der Waals surface area contributed by atoms with Gasteiger partial charge in [0.25, 0.3) is 5.91 Å². The molecule has 19 heavy (non-hydrogen) atoms. The van der Waals surface area contributed by atoms with E-state index in [1.54, 1.807) is 0 Å². The number of primary amides is 1. The maximum Gasteiger partial charge on any atom is 0.254 e. The summed E-state index contributed by atoms with van der Waals surface area (Å²) >= 11 is 0.0602. The molecule has 0 aliphatic heterocycles. The van der Waals surface area contributed by atoms with Crippen molar-refractivity contribution in [1.29, 1.82) is 0 Å². The molecule has 0 spiro atoms. The highest BCUT2D eigenvalue weighted by Crippen LogP contribution is 2.07. The molecule has 2 rings (SSSR count). The Labute approximate surface area is 116 Å². The van der Waals surface area contributed by atoms with Gasteiger partial charge in [-0.1, -0.05) is 60.7 Å². The van der Waals surface area contributed by atoms with Gasteiger partial charge in [0.15, 0.2) is 0 Å². The first kappa shape index (κ1) is 14.9. The molecule has 3 nitrogen and oxygen atoms in total. The lowest BCUT2D eigenvalue weighted by Gasteiger charge is -2.00. The lowest BCUT2D eigenvalue weighted by molar-refractivity contribution is -0.111. The first-order valence-corrected chi connectivity index (χ1v) is 6.52. The lowest BCUT2D eigenvalue weighted by atomic mass is 10.1. The van der Waals surface area contributed by atoms with E-state index in [1.807, 2.05) is 0 Å². The summed E-state index contributed by atoms with van der Waals surface area (Å²) in [6, 6.07) is 21.1. The van der Waals surface area contributed by atoms with Crippen LogP contribution in [0.15, 0.2) is 60.7 Å². The van der Waals surface area contributed by atoms with E-state index in [0.717, 1.165) is 11.8 Å². The van der Waals surface area contributed by atoms with Crippen LogP contribution < -0.4 is 5.73 Å². The highest BCUT2D eigenvalue weighted by atomic mass is 32.1. The van der Waals surface area contributed by atoms with E-state index in [2.05, 4.69) is 66.4 Å². The normalized spacial score (nSPS) is 8.84. The number of carbonyl (C=O) groups is 1. The van der Waals surface area contributed by atoms with Crippen LogP contribution in [-0.4, -0.2) is 15.5 Å². The molecule has 0 aliphatic rings. The lowest BCUT2D eigenvalue weighted by Crippen LogP contribution is -2.10. The second-order valence-electron chi connectivity index (χ2n) is 3.76. The summed E-state index contributed by atoms with van der Waals surface area (Å²) in [6.45, 7) is 0. The Balaban J connectivity index is 0.000000258. The Morgan fingerprint density at radius 2 is 1.37 bits per heavy atom. The standard InChI is InChI=1S/C13H12.C2H3NO2S/c1-3-7-12(8-4-1)11-13-9-5-2-6-10-13;3-2(4)1-6-5/h1-10H,11H2;1H,(H2,3,4). The third-order valence-electron chi connectivity index (χ3n) is 2.26. The van der Waals surface area contributed by atoms with E-state index in [-0.39, 0.29) is 11.3 Å². The topological polar surface area (TPSA) is 60.2 Å². The van der Waals surface area contributed by atoms with E-state index >= 15 is 0 Å². The first-order chi connectivity index (χ1) is 9.22. The van der Waals surface area contributed by atoms with Gasteiger partial charge < -0.3 is 5.73 Å². The van der Waals surface area contributed by atoms with Gasteiger partial charge in [-0.3, -0.25) is 4.79 Å². The van der Waals surface area contributed by atoms with Crippen molar-refractivity contribution in [2.24, 2.45) is 5.73 Å². The predicted octanol–water partition coefficient (Wildman–Crippen LogP) is 1.76. The average molecular weight is 273 g/mol.